The molecule has 1 aromatic carbocycles. The van der Waals surface area contributed by atoms with Gasteiger partial charge in [0, 0.05) is 23.7 Å². The average Bonchev–Trinajstić information content (AvgIpc) is 2.79. The second kappa shape index (κ2) is 5.50. The molecule has 1 amide bonds. The highest BCUT2D eigenvalue weighted by Crippen LogP contribution is 2.29. The summed E-state index contributed by atoms with van der Waals surface area (Å²) in [6.07, 6.45) is -0.0601. The number of rotatable bonds is 3. The molecule has 1 unspecified atom stereocenters. The van der Waals surface area contributed by atoms with Crippen LogP contribution in [0.2, 0.25) is 5.02 Å². The van der Waals surface area contributed by atoms with Gasteiger partial charge in [-0.25, -0.2) is 4.79 Å². The molecule has 1 N–H and O–H groups in total. The Bertz CT molecular complexity index is 586. The molecule has 0 aromatic heterocycles. The standard InChI is InChI=1S/C13H12ClNO5/c1-20-13(19)7-2-9(14)5-10(3-7)15-6-8(12(17)18)4-11(15)16/h2-3,5,8H,4,6H2,1H3,(H,17,18). The number of carbonyl (C=O) groups excluding carboxylic acids is 2. The van der Waals surface area contributed by atoms with E-state index in [1.54, 1.807) is 0 Å². The maximum atomic E-state index is 11.9. The van der Waals surface area contributed by atoms with Crippen molar-refractivity contribution in [2.45, 2.75) is 6.42 Å². The maximum Gasteiger partial charge on any atom is 0.337 e. The van der Waals surface area contributed by atoms with Crippen molar-refractivity contribution >= 4 is 35.1 Å². The number of carboxylic acid groups (broad SMARTS) is 1. The van der Waals surface area contributed by atoms with Crippen LogP contribution in [0.5, 0.6) is 0 Å². The lowest BCUT2D eigenvalue weighted by Crippen LogP contribution is -2.26. The highest BCUT2D eigenvalue weighted by molar-refractivity contribution is 6.31. The second-order valence-electron chi connectivity index (χ2n) is 4.43. The van der Waals surface area contributed by atoms with Crippen molar-refractivity contribution in [1.29, 1.82) is 0 Å². The number of benzene rings is 1. The maximum absolute atomic E-state index is 11.9. The fourth-order valence-corrected chi connectivity index (χ4v) is 2.32. The number of nitrogens with zero attached hydrogens (tertiary/aromatic N) is 1. The van der Waals surface area contributed by atoms with Gasteiger partial charge in [0.15, 0.2) is 0 Å². The molecule has 0 saturated carbocycles. The van der Waals surface area contributed by atoms with Crippen molar-refractivity contribution in [3.05, 3.63) is 28.8 Å². The van der Waals surface area contributed by atoms with Gasteiger partial charge in [-0.3, -0.25) is 9.59 Å². The minimum Gasteiger partial charge on any atom is -0.481 e. The Kier molecular flexibility index (Phi) is 3.94. The number of halogens is 1. The van der Waals surface area contributed by atoms with Crippen molar-refractivity contribution < 1.29 is 24.2 Å². The molecule has 106 valence electrons. The molecule has 6 nitrogen and oxygen atoms in total. The van der Waals surface area contributed by atoms with Crippen molar-refractivity contribution in [1.82, 2.24) is 0 Å². The third-order valence-electron chi connectivity index (χ3n) is 3.09. The Hall–Kier alpha value is -2.08. The minimum atomic E-state index is -1.02. The summed E-state index contributed by atoms with van der Waals surface area (Å²) in [5.74, 6) is -2.65. The summed E-state index contributed by atoms with van der Waals surface area (Å²) in [5, 5.41) is 9.22. The molecule has 1 aliphatic heterocycles. The van der Waals surface area contributed by atoms with Crippen molar-refractivity contribution in [2.24, 2.45) is 5.92 Å². The van der Waals surface area contributed by atoms with Gasteiger partial charge >= 0.3 is 11.9 Å². The third-order valence-corrected chi connectivity index (χ3v) is 3.31. The van der Waals surface area contributed by atoms with Crippen LogP contribution in [-0.4, -0.2) is 36.6 Å². The molecule has 1 saturated heterocycles. The smallest absolute Gasteiger partial charge is 0.337 e. The molecule has 1 atom stereocenters. The number of esters is 1. The predicted octanol–water partition coefficient (Wildman–Crippen LogP) is 1.56. The van der Waals surface area contributed by atoms with Crippen LogP contribution in [0, 0.1) is 5.92 Å². The quantitative estimate of drug-likeness (QED) is 0.856. The number of anilines is 1. The van der Waals surface area contributed by atoms with E-state index in [4.69, 9.17) is 16.7 Å². The normalized spacial score (nSPS) is 18.2. The van der Waals surface area contributed by atoms with Crippen LogP contribution < -0.4 is 4.90 Å². The number of aliphatic carboxylic acids is 1. The molecule has 0 aliphatic carbocycles. The molecular formula is C13H12ClNO5. The monoisotopic (exact) mass is 297 g/mol. The van der Waals surface area contributed by atoms with E-state index in [-0.39, 0.29) is 29.5 Å². The topological polar surface area (TPSA) is 83.9 Å². The van der Waals surface area contributed by atoms with Crippen LogP contribution in [0.25, 0.3) is 0 Å². The summed E-state index contributed by atoms with van der Waals surface area (Å²) in [7, 11) is 1.24. The van der Waals surface area contributed by atoms with Gasteiger partial charge in [0.05, 0.1) is 18.6 Å². The number of carbonyl (C=O) groups is 3. The van der Waals surface area contributed by atoms with Crippen LogP contribution >= 0.6 is 11.6 Å². The van der Waals surface area contributed by atoms with E-state index in [1.165, 1.54) is 30.2 Å². The summed E-state index contributed by atoms with van der Waals surface area (Å²) in [4.78, 5) is 35.6. The van der Waals surface area contributed by atoms with Gasteiger partial charge in [0.25, 0.3) is 0 Å². The van der Waals surface area contributed by atoms with E-state index in [9.17, 15) is 14.4 Å². The van der Waals surface area contributed by atoms with Gasteiger partial charge in [0.1, 0.15) is 0 Å². The zero-order valence-electron chi connectivity index (χ0n) is 10.6. The molecule has 20 heavy (non-hydrogen) atoms. The van der Waals surface area contributed by atoms with Gasteiger partial charge in [-0.05, 0) is 18.2 Å². The number of methoxy groups -OCH3 is 1. The Morgan fingerprint density at radius 3 is 2.65 bits per heavy atom. The van der Waals surface area contributed by atoms with E-state index < -0.39 is 17.9 Å². The van der Waals surface area contributed by atoms with Crippen LogP contribution in [0.15, 0.2) is 18.2 Å². The van der Waals surface area contributed by atoms with Crippen LogP contribution in [0.3, 0.4) is 0 Å². The minimum absolute atomic E-state index is 0.0601. The SMILES string of the molecule is COC(=O)c1cc(Cl)cc(N2CC(C(=O)O)CC2=O)c1. The second-order valence-corrected chi connectivity index (χ2v) is 4.87. The Morgan fingerprint density at radius 1 is 1.40 bits per heavy atom. The van der Waals surface area contributed by atoms with E-state index in [1.807, 2.05) is 0 Å². The molecule has 1 aliphatic rings. The van der Waals surface area contributed by atoms with E-state index in [0.29, 0.717) is 5.69 Å². The van der Waals surface area contributed by atoms with E-state index in [2.05, 4.69) is 4.74 Å². The molecule has 2 rings (SSSR count). The molecule has 1 aromatic rings. The molecule has 1 heterocycles. The van der Waals surface area contributed by atoms with Crippen LogP contribution in [-0.2, 0) is 14.3 Å². The Labute approximate surface area is 119 Å². The first-order chi connectivity index (χ1) is 9.42. The number of amides is 1. The van der Waals surface area contributed by atoms with E-state index in [0.717, 1.165) is 0 Å². The molecular weight excluding hydrogens is 286 g/mol. The van der Waals surface area contributed by atoms with Gasteiger partial charge in [-0.2, -0.15) is 0 Å². The molecule has 0 bridgehead atoms. The summed E-state index contributed by atoms with van der Waals surface area (Å²) >= 11 is 5.91. The molecule has 1 fully saturated rings. The number of carboxylic acids is 1. The van der Waals surface area contributed by atoms with Gasteiger partial charge < -0.3 is 14.7 Å². The summed E-state index contributed by atoms with van der Waals surface area (Å²) in [6, 6.07) is 4.39. The lowest BCUT2D eigenvalue weighted by Gasteiger charge is -2.17. The lowest BCUT2D eigenvalue weighted by molar-refractivity contribution is -0.141. The predicted molar refractivity (Wildman–Crippen MR) is 70.9 cm³/mol. The van der Waals surface area contributed by atoms with Gasteiger partial charge in [-0.15, -0.1) is 0 Å². The van der Waals surface area contributed by atoms with Gasteiger partial charge in [0.2, 0.25) is 5.91 Å². The van der Waals surface area contributed by atoms with Crippen molar-refractivity contribution in [3.8, 4) is 0 Å². The zero-order chi connectivity index (χ0) is 14.9. The molecule has 0 spiro atoms. The summed E-state index contributed by atoms with van der Waals surface area (Å²) in [6.45, 7) is 0.0646. The first kappa shape index (κ1) is 14.3. The summed E-state index contributed by atoms with van der Waals surface area (Å²) in [5.41, 5.74) is 0.605. The molecule has 7 heteroatoms. The first-order valence-corrected chi connectivity index (χ1v) is 6.22. The number of ether oxygens (including phenoxy) is 1. The summed E-state index contributed by atoms with van der Waals surface area (Å²) < 4.78 is 4.60. The highest BCUT2D eigenvalue weighted by Gasteiger charge is 2.35. The number of hydrogen-bond acceptors (Lipinski definition) is 4. The Morgan fingerprint density at radius 2 is 2.10 bits per heavy atom. The average molecular weight is 298 g/mol. The van der Waals surface area contributed by atoms with Crippen LogP contribution in [0.4, 0.5) is 5.69 Å². The zero-order valence-corrected chi connectivity index (χ0v) is 11.4. The Balaban J connectivity index is 2.33. The fraction of sp³-hybridized carbons (Fsp3) is 0.308. The van der Waals surface area contributed by atoms with E-state index >= 15 is 0 Å². The largest absolute Gasteiger partial charge is 0.481 e. The van der Waals surface area contributed by atoms with Gasteiger partial charge in [-0.1, -0.05) is 11.6 Å². The lowest BCUT2D eigenvalue weighted by atomic mass is 10.1. The first-order valence-electron chi connectivity index (χ1n) is 5.84. The third kappa shape index (κ3) is 2.75. The van der Waals surface area contributed by atoms with Crippen LogP contribution in [0.1, 0.15) is 16.8 Å². The molecule has 0 radical (unpaired) electrons. The fourth-order valence-electron chi connectivity index (χ4n) is 2.09. The van der Waals surface area contributed by atoms with Crippen molar-refractivity contribution in [2.75, 3.05) is 18.6 Å². The highest BCUT2D eigenvalue weighted by atomic mass is 35.5. The van der Waals surface area contributed by atoms with Crippen molar-refractivity contribution in [3.63, 3.8) is 0 Å². The number of hydrogen-bond donors (Lipinski definition) is 1.